The number of ether oxygens (including phenoxy) is 1. The third kappa shape index (κ3) is 7.35. The summed E-state index contributed by atoms with van der Waals surface area (Å²) in [5, 5.41) is 5.54. The van der Waals surface area contributed by atoms with Gasteiger partial charge in [0.2, 0.25) is 5.91 Å². The van der Waals surface area contributed by atoms with Gasteiger partial charge in [-0.1, -0.05) is 49.2 Å². The van der Waals surface area contributed by atoms with Crippen LogP contribution in [-0.2, 0) is 14.3 Å². The van der Waals surface area contributed by atoms with Gasteiger partial charge in [-0.15, -0.1) is 6.42 Å². The molecule has 0 aliphatic rings. The number of terminal acetylenes is 1. The van der Waals surface area contributed by atoms with Gasteiger partial charge >= 0.3 is 6.09 Å². The number of amides is 3. The number of carbonyl (C=O) groups is 3. The second-order valence-corrected chi connectivity index (χ2v) is 9.80. The standard InChI is InChI=1S/C29H37N3O4/c1-9-21(5)32(24(33)18-30-28(35)36-29(6,7)8)26(23-17-12-11-16-22(23)10-2)27(34)31-25-19(3)14-13-15-20(25)4/h2,11-17,21,26H,9,18H2,1,3-8H3,(H,30,35)(H,31,34). The molecule has 0 aliphatic carbocycles. The molecule has 2 N–H and O–H groups in total. The van der Waals surface area contributed by atoms with Crippen LogP contribution in [0.5, 0.6) is 0 Å². The third-order valence-corrected chi connectivity index (χ3v) is 5.80. The Balaban J connectivity index is 2.51. The van der Waals surface area contributed by atoms with Crippen molar-refractivity contribution in [3.63, 3.8) is 0 Å². The van der Waals surface area contributed by atoms with E-state index in [0.717, 1.165) is 11.1 Å². The van der Waals surface area contributed by atoms with Crippen molar-refractivity contribution in [3.8, 4) is 12.3 Å². The summed E-state index contributed by atoms with van der Waals surface area (Å²) in [5.41, 5.74) is 2.84. The lowest BCUT2D eigenvalue weighted by molar-refractivity contribution is -0.140. The van der Waals surface area contributed by atoms with Crippen molar-refractivity contribution in [1.29, 1.82) is 0 Å². The highest BCUT2D eigenvalue weighted by Crippen LogP contribution is 2.30. The van der Waals surface area contributed by atoms with E-state index in [2.05, 4.69) is 16.6 Å². The zero-order valence-electron chi connectivity index (χ0n) is 22.3. The minimum Gasteiger partial charge on any atom is -0.444 e. The van der Waals surface area contributed by atoms with Crippen LogP contribution >= 0.6 is 0 Å². The molecule has 0 heterocycles. The molecule has 3 amide bonds. The molecule has 0 fully saturated rings. The van der Waals surface area contributed by atoms with Gasteiger partial charge in [-0.05, 0) is 70.7 Å². The zero-order chi connectivity index (χ0) is 27.0. The maximum absolute atomic E-state index is 13.9. The number of anilines is 1. The van der Waals surface area contributed by atoms with Crippen LogP contribution in [0.2, 0.25) is 0 Å². The van der Waals surface area contributed by atoms with E-state index in [1.807, 2.05) is 45.9 Å². The number of carbonyl (C=O) groups excluding carboxylic acids is 3. The summed E-state index contributed by atoms with van der Waals surface area (Å²) in [4.78, 5) is 41.1. The lowest BCUT2D eigenvalue weighted by Crippen LogP contribution is -2.50. The number of para-hydroxylation sites is 1. The fourth-order valence-corrected chi connectivity index (χ4v) is 3.88. The molecule has 0 saturated heterocycles. The largest absolute Gasteiger partial charge is 0.444 e. The number of alkyl carbamates (subject to hydrolysis) is 1. The van der Waals surface area contributed by atoms with E-state index in [4.69, 9.17) is 11.2 Å². The first-order chi connectivity index (χ1) is 16.9. The fraction of sp³-hybridized carbons (Fsp3) is 0.414. The van der Waals surface area contributed by atoms with Crippen LogP contribution in [0, 0.1) is 26.2 Å². The van der Waals surface area contributed by atoms with Crippen LogP contribution in [-0.4, -0.2) is 41.0 Å². The average molecular weight is 492 g/mol. The Kier molecular flexibility index (Phi) is 9.68. The third-order valence-electron chi connectivity index (χ3n) is 5.80. The molecule has 2 atom stereocenters. The molecular weight excluding hydrogens is 454 g/mol. The number of hydrogen-bond donors (Lipinski definition) is 2. The second kappa shape index (κ2) is 12.3. The molecule has 0 spiro atoms. The Morgan fingerprint density at radius 3 is 2.22 bits per heavy atom. The van der Waals surface area contributed by atoms with Gasteiger partial charge in [-0.2, -0.15) is 0 Å². The molecule has 0 saturated carbocycles. The second-order valence-electron chi connectivity index (χ2n) is 9.80. The monoisotopic (exact) mass is 491 g/mol. The fourth-order valence-electron chi connectivity index (χ4n) is 3.88. The van der Waals surface area contributed by atoms with Gasteiger partial charge in [0.25, 0.3) is 5.91 Å². The van der Waals surface area contributed by atoms with Crippen molar-refractivity contribution >= 4 is 23.6 Å². The number of rotatable bonds is 8. The van der Waals surface area contributed by atoms with E-state index in [1.165, 1.54) is 4.90 Å². The Labute approximate surface area is 214 Å². The summed E-state index contributed by atoms with van der Waals surface area (Å²) in [6.45, 7) is 12.5. The van der Waals surface area contributed by atoms with Gasteiger partial charge in [0.05, 0.1) is 0 Å². The van der Waals surface area contributed by atoms with Crippen LogP contribution in [0.15, 0.2) is 42.5 Å². The van der Waals surface area contributed by atoms with Crippen LogP contribution in [0.1, 0.15) is 69.3 Å². The Morgan fingerprint density at radius 2 is 1.67 bits per heavy atom. The van der Waals surface area contributed by atoms with Crippen LogP contribution < -0.4 is 10.6 Å². The van der Waals surface area contributed by atoms with E-state index in [1.54, 1.807) is 45.0 Å². The minimum absolute atomic E-state index is 0.322. The van der Waals surface area contributed by atoms with Crippen molar-refractivity contribution in [3.05, 3.63) is 64.7 Å². The molecule has 192 valence electrons. The number of hydrogen-bond acceptors (Lipinski definition) is 4. The summed E-state index contributed by atoms with van der Waals surface area (Å²) in [6.07, 6.45) is 5.65. The predicted molar refractivity (Wildman–Crippen MR) is 142 cm³/mol. The zero-order valence-corrected chi connectivity index (χ0v) is 22.3. The maximum Gasteiger partial charge on any atom is 0.408 e. The Morgan fingerprint density at radius 1 is 1.06 bits per heavy atom. The SMILES string of the molecule is C#Cc1ccccc1C(C(=O)Nc1c(C)cccc1C)N(C(=O)CNC(=O)OC(C)(C)C)C(C)CC. The van der Waals surface area contributed by atoms with E-state index in [0.29, 0.717) is 23.2 Å². The van der Waals surface area contributed by atoms with Gasteiger partial charge in [-0.25, -0.2) is 4.79 Å². The molecule has 0 aliphatic heterocycles. The lowest BCUT2D eigenvalue weighted by atomic mass is 9.96. The maximum atomic E-state index is 13.9. The van der Waals surface area contributed by atoms with Crippen LogP contribution in [0.25, 0.3) is 0 Å². The highest BCUT2D eigenvalue weighted by molar-refractivity contribution is 5.99. The first kappa shape index (κ1) is 28.4. The summed E-state index contributed by atoms with van der Waals surface area (Å²) in [6, 6.07) is 11.5. The van der Waals surface area contributed by atoms with Crippen LogP contribution in [0.4, 0.5) is 10.5 Å². The Hall–Kier alpha value is -3.79. The summed E-state index contributed by atoms with van der Waals surface area (Å²) in [5.74, 6) is 1.82. The lowest BCUT2D eigenvalue weighted by Gasteiger charge is -2.36. The van der Waals surface area contributed by atoms with E-state index in [9.17, 15) is 14.4 Å². The number of nitrogens with zero attached hydrogens (tertiary/aromatic N) is 1. The summed E-state index contributed by atoms with van der Waals surface area (Å²) < 4.78 is 5.26. The highest BCUT2D eigenvalue weighted by Gasteiger charge is 2.36. The number of aryl methyl sites for hydroxylation is 2. The van der Waals surface area contributed by atoms with E-state index in [-0.39, 0.29) is 18.5 Å². The average Bonchev–Trinajstić information content (AvgIpc) is 2.81. The molecule has 7 nitrogen and oxygen atoms in total. The van der Waals surface area contributed by atoms with Crippen molar-refractivity contribution < 1.29 is 19.1 Å². The smallest absolute Gasteiger partial charge is 0.408 e. The normalized spacial score (nSPS) is 12.6. The molecular formula is C29H37N3O4. The topological polar surface area (TPSA) is 87.7 Å². The first-order valence-corrected chi connectivity index (χ1v) is 12.1. The molecule has 2 aromatic rings. The quantitative estimate of drug-likeness (QED) is 0.502. The molecule has 2 aromatic carbocycles. The van der Waals surface area contributed by atoms with Gasteiger partial charge in [0.1, 0.15) is 18.2 Å². The first-order valence-electron chi connectivity index (χ1n) is 12.1. The molecule has 0 radical (unpaired) electrons. The van der Waals surface area contributed by atoms with Gasteiger partial charge < -0.3 is 20.3 Å². The molecule has 0 bridgehead atoms. The summed E-state index contributed by atoms with van der Waals surface area (Å²) in [7, 11) is 0. The minimum atomic E-state index is -1.01. The van der Waals surface area contributed by atoms with Gasteiger partial charge in [-0.3, -0.25) is 9.59 Å². The van der Waals surface area contributed by atoms with Crippen molar-refractivity contribution in [2.24, 2.45) is 0 Å². The van der Waals surface area contributed by atoms with Crippen molar-refractivity contribution in [1.82, 2.24) is 10.2 Å². The molecule has 0 aromatic heterocycles. The molecule has 7 heteroatoms. The predicted octanol–water partition coefficient (Wildman–Crippen LogP) is 5.12. The number of nitrogens with one attached hydrogen (secondary N) is 2. The van der Waals surface area contributed by atoms with Gasteiger partial charge in [0.15, 0.2) is 0 Å². The number of benzene rings is 2. The molecule has 2 rings (SSSR count). The molecule has 36 heavy (non-hydrogen) atoms. The molecule has 2 unspecified atom stereocenters. The van der Waals surface area contributed by atoms with Crippen molar-refractivity contribution in [2.75, 3.05) is 11.9 Å². The van der Waals surface area contributed by atoms with Crippen LogP contribution in [0.3, 0.4) is 0 Å². The van der Waals surface area contributed by atoms with E-state index < -0.39 is 23.6 Å². The van der Waals surface area contributed by atoms with Gasteiger partial charge in [0, 0.05) is 17.3 Å². The van der Waals surface area contributed by atoms with E-state index >= 15 is 0 Å². The Bertz CT molecular complexity index is 1120. The van der Waals surface area contributed by atoms with Crippen molar-refractivity contribution in [2.45, 2.75) is 72.6 Å². The highest BCUT2D eigenvalue weighted by atomic mass is 16.6. The summed E-state index contributed by atoms with van der Waals surface area (Å²) >= 11 is 0.